The summed E-state index contributed by atoms with van der Waals surface area (Å²) in [5.41, 5.74) is 2.98. The predicted octanol–water partition coefficient (Wildman–Crippen LogP) is 4.34. The summed E-state index contributed by atoms with van der Waals surface area (Å²) in [6, 6.07) is 14.7. The van der Waals surface area contributed by atoms with E-state index in [1.807, 2.05) is 35.4 Å². The number of rotatable bonds is 3. The fourth-order valence-corrected chi connectivity index (χ4v) is 5.84. The van der Waals surface area contributed by atoms with Crippen LogP contribution in [-0.4, -0.2) is 40.3 Å². The molecule has 0 atom stereocenters. The lowest BCUT2D eigenvalue weighted by Gasteiger charge is -2.43. The van der Waals surface area contributed by atoms with Crippen molar-refractivity contribution in [2.45, 2.75) is 38.3 Å². The minimum absolute atomic E-state index is 0.0271. The van der Waals surface area contributed by atoms with Gasteiger partial charge in [-0.1, -0.05) is 30.3 Å². The van der Waals surface area contributed by atoms with E-state index in [1.54, 1.807) is 4.68 Å². The Bertz CT molecular complexity index is 1020. The first-order valence-corrected chi connectivity index (χ1v) is 11.2. The van der Waals surface area contributed by atoms with Gasteiger partial charge >= 0.3 is 0 Å². The average molecular weight is 408 g/mol. The Labute approximate surface area is 174 Å². The van der Waals surface area contributed by atoms with E-state index in [0.29, 0.717) is 18.8 Å². The number of piperidine rings is 1. The largest absolute Gasteiger partial charge is 0.369 e. The smallest absolute Gasteiger partial charge is 0.274 e. The first-order valence-electron chi connectivity index (χ1n) is 10.3. The second-order valence-corrected chi connectivity index (χ2v) is 8.82. The molecule has 5 rings (SSSR count). The van der Waals surface area contributed by atoms with Crippen LogP contribution >= 0.6 is 11.3 Å². The number of ether oxygens (including phenoxy) is 1. The van der Waals surface area contributed by atoms with Crippen LogP contribution in [0.3, 0.4) is 0 Å². The molecule has 29 heavy (non-hydrogen) atoms. The SMILES string of the molecule is CCn1ccc(C(=O)N2CCC3(CC2)OCCc2cc(-c4ccccc4)sc23)n1. The molecule has 2 aromatic heterocycles. The number of hydrogen-bond acceptors (Lipinski definition) is 4. The van der Waals surface area contributed by atoms with Crippen molar-refractivity contribution in [3.63, 3.8) is 0 Å². The summed E-state index contributed by atoms with van der Waals surface area (Å²) in [5, 5.41) is 4.38. The first kappa shape index (κ1) is 18.6. The Morgan fingerprint density at radius 1 is 1.21 bits per heavy atom. The Morgan fingerprint density at radius 3 is 2.72 bits per heavy atom. The predicted molar refractivity (Wildman–Crippen MR) is 114 cm³/mol. The summed E-state index contributed by atoms with van der Waals surface area (Å²) in [5.74, 6) is 0.0271. The first-order chi connectivity index (χ1) is 14.2. The molecule has 150 valence electrons. The van der Waals surface area contributed by atoms with Crippen LogP contribution in [0.2, 0.25) is 0 Å². The molecule has 2 aliphatic heterocycles. The number of amides is 1. The molecule has 6 heteroatoms. The van der Waals surface area contributed by atoms with Gasteiger partial charge in [-0.25, -0.2) is 0 Å². The van der Waals surface area contributed by atoms with Crippen molar-refractivity contribution in [2.24, 2.45) is 0 Å². The van der Waals surface area contributed by atoms with Crippen LogP contribution in [0.15, 0.2) is 48.7 Å². The third kappa shape index (κ3) is 3.30. The van der Waals surface area contributed by atoms with Crippen LogP contribution in [-0.2, 0) is 23.3 Å². The summed E-state index contributed by atoms with van der Waals surface area (Å²) in [4.78, 5) is 17.4. The number of thiophene rings is 1. The van der Waals surface area contributed by atoms with Crippen molar-refractivity contribution in [3.8, 4) is 10.4 Å². The molecule has 3 aromatic rings. The van der Waals surface area contributed by atoms with Gasteiger partial charge in [0.1, 0.15) is 11.3 Å². The van der Waals surface area contributed by atoms with Gasteiger partial charge in [-0.2, -0.15) is 5.10 Å². The number of aryl methyl sites for hydroxylation is 1. The van der Waals surface area contributed by atoms with Gasteiger partial charge in [0.25, 0.3) is 5.91 Å². The fourth-order valence-electron chi connectivity index (χ4n) is 4.42. The molecular weight excluding hydrogens is 382 g/mol. The van der Waals surface area contributed by atoms with E-state index in [-0.39, 0.29) is 11.5 Å². The molecule has 0 bridgehead atoms. The minimum atomic E-state index is -0.245. The zero-order valence-electron chi connectivity index (χ0n) is 16.6. The van der Waals surface area contributed by atoms with Gasteiger partial charge in [0.15, 0.2) is 0 Å². The third-order valence-corrected chi connectivity index (χ3v) is 7.48. The maximum absolute atomic E-state index is 12.8. The van der Waals surface area contributed by atoms with Gasteiger partial charge in [0.2, 0.25) is 0 Å². The van der Waals surface area contributed by atoms with Crippen LogP contribution in [0, 0.1) is 0 Å². The lowest BCUT2D eigenvalue weighted by atomic mass is 9.85. The molecule has 1 spiro atoms. The highest BCUT2D eigenvalue weighted by Gasteiger charge is 2.43. The number of aromatic nitrogens is 2. The maximum Gasteiger partial charge on any atom is 0.274 e. The molecule has 1 aromatic carbocycles. The molecule has 1 fully saturated rings. The summed E-state index contributed by atoms with van der Waals surface area (Å²) in [7, 11) is 0. The summed E-state index contributed by atoms with van der Waals surface area (Å²) < 4.78 is 8.19. The molecule has 0 N–H and O–H groups in total. The second kappa shape index (κ2) is 7.43. The molecule has 1 saturated heterocycles. The highest BCUT2D eigenvalue weighted by molar-refractivity contribution is 7.15. The van der Waals surface area contributed by atoms with E-state index < -0.39 is 0 Å². The average Bonchev–Trinajstić information content (AvgIpc) is 3.43. The number of benzene rings is 1. The Hall–Kier alpha value is -2.44. The standard InChI is InChI=1S/C23H25N3O2S/c1-2-26-12-8-19(24-26)22(27)25-13-10-23(11-14-25)21-18(9-15-28-23)16-20(29-21)17-6-4-3-5-7-17/h3-8,12,16H,2,9-11,13-15H2,1H3. The number of carbonyl (C=O) groups is 1. The Morgan fingerprint density at radius 2 is 2.00 bits per heavy atom. The molecule has 0 aliphatic carbocycles. The zero-order chi connectivity index (χ0) is 19.8. The fraction of sp³-hybridized carbons (Fsp3) is 0.391. The second-order valence-electron chi connectivity index (χ2n) is 7.77. The number of likely N-dealkylation sites (tertiary alicyclic amines) is 1. The molecule has 5 nitrogen and oxygen atoms in total. The van der Waals surface area contributed by atoms with Gasteiger partial charge in [-0.3, -0.25) is 9.48 Å². The lowest BCUT2D eigenvalue weighted by Crippen LogP contribution is -2.48. The molecule has 4 heterocycles. The topological polar surface area (TPSA) is 47.4 Å². The normalized spacial score (nSPS) is 18.0. The van der Waals surface area contributed by atoms with Gasteiger partial charge in [-0.15, -0.1) is 11.3 Å². The molecule has 0 saturated carbocycles. The summed E-state index contributed by atoms with van der Waals surface area (Å²) in [6.45, 7) is 4.96. The number of fused-ring (bicyclic) bond motifs is 2. The van der Waals surface area contributed by atoms with Gasteiger partial charge in [-0.05, 0) is 49.4 Å². The summed E-state index contributed by atoms with van der Waals surface area (Å²) in [6.07, 6.45) is 4.52. The highest BCUT2D eigenvalue weighted by Crippen LogP contribution is 2.47. The number of carbonyl (C=O) groups excluding carboxylic acids is 1. The third-order valence-electron chi connectivity index (χ3n) is 6.07. The van der Waals surface area contributed by atoms with E-state index in [4.69, 9.17) is 4.74 Å². The molecule has 1 amide bonds. The van der Waals surface area contributed by atoms with Gasteiger partial charge in [0.05, 0.1) is 6.61 Å². The quantitative estimate of drug-likeness (QED) is 0.649. The van der Waals surface area contributed by atoms with E-state index in [1.165, 1.54) is 20.9 Å². The van der Waals surface area contributed by atoms with Crippen molar-refractivity contribution in [1.29, 1.82) is 0 Å². The van der Waals surface area contributed by atoms with E-state index in [0.717, 1.165) is 32.4 Å². The lowest BCUT2D eigenvalue weighted by molar-refractivity contribution is -0.0906. The van der Waals surface area contributed by atoms with Crippen LogP contribution in [0.4, 0.5) is 0 Å². The van der Waals surface area contributed by atoms with Crippen molar-refractivity contribution in [3.05, 3.63) is 64.8 Å². The van der Waals surface area contributed by atoms with Crippen LogP contribution in [0.25, 0.3) is 10.4 Å². The monoisotopic (exact) mass is 407 g/mol. The van der Waals surface area contributed by atoms with Crippen molar-refractivity contribution in [2.75, 3.05) is 19.7 Å². The van der Waals surface area contributed by atoms with Crippen LogP contribution < -0.4 is 0 Å². The Kier molecular flexibility index (Phi) is 4.76. The molecule has 0 unspecified atom stereocenters. The molecule has 0 radical (unpaired) electrons. The van der Waals surface area contributed by atoms with E-state index in [9.17, 15) is 4.79 Å². The van der Waals surface area contributed by atoms with E-state index in [2.05, 4.69) is 41.5 Å². The number of nitrogens with zero attached hydrogens (tertiary/aromatic N) is 3. The zero-order valence-corrected chi connectivity index (χ0v) is 17.5. The maximum atomic E-state index is 12.8. The minimum Gasteiger partial charge on any atom is -0.369 e. The van der Waals surface area contributed by atoms with Crippen molar-refractivity contribution in [1.82, 2.24) is 14.7 Å². The highest BCUT2D eigenvalue weighted by atomic mass is 32.1. The van der Waals surface area contributed by atoms with Crippen molar-refractivity contribution < 1.29 is 9.53 Å². The number of hydrogen-bond donors (Lipinski definition) is 0. The molecule has 2 aliphatic rings. The summed E-state index contributed by atoms with van der Waals surface area (Å²) >= 11 is 1.86. The Balaban J connectivity index is 1.36. The van der Waals surface area contributed by atoms with Gasteiger partial charge < -0.3 is 9.64 Å². The van der Waals surface area contributed by atoms with Crippen LogP contribution in [0.5, 0.6) is 0 Å². The molecular formula is C23H25N3O2S. The van der Waals surface area contributed by atoms with Crippen molar-refractivity contribution >= 4 is 17.2 Å². The van der Waals surface area contributed by atoms with Crippen LogP contribution in [0.1, 0.15) is 40.7 Å². The van der Waals surface area contributed by atoms with Gasteiger partial charge in [0, 0.05) is 35.6 Å². The van der Waals surface area contributed by atoms with E-state index >= 15 is 0 Å².